The average Bonchev–Trinajstić information content (AvgIpc) is 2.60. The van der Waals surface area contributed by atoms with Crippen molar-refractivity contribution in [2.24, 2.45) is 0 Å². The van der Waals surface area contributed by atoms with Crippen molar-refractivity contribution in [2.75, 3.05) is 5.75 Å². The monoisotopic (exact) mass is 382 g/mol. The van der Waals surface area contributed by atoms with Gasteiger partial charge in [-0.15, -0.1) is 0 Å². The van der Waals surface area contributed by atoms with Gasteiger partial charge >= 0.3 is 6.18 Å². The lowest BCUT2D eigenvalue weighted by molar-refractivity contribution is -0.134. The maximum absolute atomic E-state index is 12.2. The van der Waals surface area contributed by atoms with Gasteiger partial charge in [0.15, 0.2) is 0 Å². The molecule has 2 nitrogen and oxygen atoms in total. The zero-order valence-corrected chi connectivity index (χ0v) is 15.2. The lowest BCUT2D eigenvalue weighted by Gasteiger charge is -2.19. The van der Waals surface area contributed by atoms with Gasteiger partial charge in [0.2, 0.25) is 11.1 Å². The van der Waals surface area contributed by atoms with Crippen molar-refractivity contribution in [1.82, 2.24) is 0 Å². The van der Waals surface area contributed by atoms with Gasteiger partial charge < -0.3 is 4.18 Å². The van der Waals surface area contributed by atoms with Crippen LogP contribution in [0.25, 0.3) is 11.1 Å². The highest BCUT2D eigenvalue weighted by Gasteiger charge is 2.26. The van der Waals surface area contributed by atoms with Crippen LogP contribution in [0.1, 0.15) is 36.8 Å². The van der Waals surface area contributed by atoms with E-state index in [2.05, 4.69) is 12.1 Å². The molecule has 1 atom stereocenters. The molecule has 6 heteroatoms. The molecule has 0 N–H and O–H groups in total. The Bertz CT molecular complexity index is 787. The summed E-state index contributed by atoms with van der Waals surface area (Å²) < 4.78 is 53.8. The van der Waals surface area contributed by atoms with Gasteiger partial charge in [-0.25, -0.2) is 4.21 Å². The summed E-state index contributed by atoms with van der Waals surface area (Å²) in [6, 6.07) is 13.6. The predicted octanol–water partition coefficient (Wildman–Crippen LogP) is 5.62. The summed E-state index contributed by atoms with van der Waals surface area (Å²) in [7, 11) is 0. The summed E-state index contributed by atoms with van der Waals surface area (Å²) in [6.45, 7) is 0. The number of alkyl halides is 3. The zero-order chi connectivity index (χ0) is 18.6. The van der Waals surface area contributed by atoms with E-state index in [4.69, 9.17) is 4.18 Å². The molecule has 0 heterocycles. The fourth-order valence-electron chi connectivity index (χ4n) is 3.31. The number of hydrogen-bond donors (Lipinski definition) is 0. The molecule has 2 aromatic carbocycles. The van der Waals surface area contributed by atoms with E-state index in [0.29, 0.717) is 5.75 Å². The second kappa shape index (κ2) is 8.25. The van der Waals surface area contributed by atoms with Crippen molar-refractivity contribution < 1.29 is 21.6 Å². The van der Waals surface area contributed by atoms with E-state index in [1.165, 1.54) is 24.0 Å². The third-order valence-electron chi connectivity index (χ3n) is 4.50. The molecule has 26 heavy (non-hydrogen) atoms. The second-order valence-corrected chi connectivity index (χ2v) is 7.67. The van der Waals surface area contributed by atoms with Crippen molar-refractivity contribution in [3.63, 3.8) is 0 Å². The maximum atomic E-state index is 12.2. The Balaban J connectivity index is 1.70. The van der Waals surface area contributed by atoms with Gasteiger partial charge in [-0.2, -0.15) is 13.2 Å². The molecule has 1 aliphatic rings. The third-order valence-corrected chi connectivity index (χ3v) is 5.50. The normalized spacial score (nSPS) is 15.3. The summed E-state index contributed by atoms with van der Waals surface area (Å²) in [5.74, 6) is 0.283. The van der Waals surface area contributed by atoms with Crippen LogP contribution < -0.4 is 4.18 Å². The first kappa shape index (κ1) is 19.0. The molecule has 0 saturated heterocycles. The first-order chi connectivity index (χ1) is 12.4. The van der Waals surface area contributed by atoms with Gasteiger partial charge in [0.1, 0.15) is 5.75 Å². The highest BCUT2D eigenvalue weighted by Crippen LogP contribution is 2.33. The molecule has 140 valence electrons. The van der Waals surface area contributed by atoms with E-state index in [9.17, 15) is 17.4 Å². The number of rotatable bonds is 6. The third kappa shape index (κ3) is 5.10. The van der Waals surface area contributed by atoms with E-state index < -0.39 is 23.7 Å². The Morgan fingerprint density at radius 2 is 1.81 bits per heavy atom. The smallest absolute Gasteiger partial charge is 0.389 e. The summed E-state index contributed by atoms with van der Waals surface area (Å²) in [4.78, 5) is 0. The van der Waals surface area contributed by atoms with E-state index >= 15 is 0 Å². The maximum Gasteiger partial charge on any atom is 0.389 e. The highest BCUT2D eigenvalue weighted by molar-refractivity contribution is 7.80. The van der Waals surface area contributed by atoms with Crippen LogP contribution in [0.2, 0.25) is 0 Å². The summed E-state index contributed by atoms with van der Waals surface area (Å²) in [6.07, 6.45) is -0.876. The first-order valence-corrected chi connectivity index (χ1v) is 10.0. The molecule has 0 aliphatic heterocycles. The number of fused-ring (bicyclic) bond motifs is 1. The van der Waals surface area contributed by atoms with Crippen LogP contribution >= 0.6 is 0 Å². The fourth-order valence-corrected chi connectivity index (χ4v) is 4.09. The minimum absolute atomic E-state index is 0.134. The number of hydrogen-bond acceptors (Lipinski definition) is 2. The predicted molar refractivity (Wildman–Crippen MR) is 97.4 cm³/mol. The minimum atomic E-state index is -4.23. The van der Waals surface area contributed by atoms with Crippen LogP contribution in [-0.4, -0.2) is 16.1 Å². The van der Waals surface area contributed by atoms with Gasteiger partial charge in [-0.05, 0) is 66.5 Å². The van der Waals surface area contributed by atoms with E-state index in [-0.39, 0.29) is 12.2 Å². The van der Waals surface area contributed by atoms with Crippen molar-refractivity contribution in [3.8, 4) is 16.9 Å². The van der Waals surface area contributed by atoms with Crippen LogP contribution in [0.15, 0.2) is 42.5 Å². The lowest BCUT2D eigenvalue weighted by atomic mass is 9.86. The van der Waals surface area contributed by atoms with Crippen molar-refractivity contribution in [2.45, 2.75) is 44.7 Å². The molecule has 3 rings (SSSR count). The summed E-state index contributed by atoms with van der Waals surface area (Å²) in [5, 5.41) is 0. The SMILES string of the molecule is O=S(CCCC(F)(F)F)Oc1cccc(-c2cccc3c2CCCC3)c1. The van der Waals surface area contributed by atoms with E-state index in [1.807, 2.05) is 24.3 Å². The topological polar surface area (TPSA) is 26.3 Å². The van der Waals surface area contributed by atoms with Crippen LogP contribution in [0.4, 0.5) is 13.2 Å². The molecule has 0 amide bonds. The molecule has 0 spiro atoms. The summed E-state index contributed by atoms with van der Waals surface area (Å²) >= 11 is -1.77. The van der Waals surface area contributed by atoms with Gasteiger partial charge in [0.25, 0.3) is 0 Å². The standard InChI is InChI=1S/C20H21F3O2S/c21-20(22,23)12-5-13-26(24)25-17-9-3-8-16(14-17)19-11-4-7-15-6-1-2-10-18(15)19/h3-4,7-9,11,14H,1-2,5-6,10,12-13H2. The lowest BCUT2D eigenvalue weighted by Crippen LogP contribution is -2.11. The van der Waals surface area contributed by atoms with Crippen LogP contribution in [-0.2, 0) is 23.9 Å². The Kier molecular flexibility index (Phi) is 6.01. The van der Waals surface area contributed by atoms with Crippen molar-refractivity contribution >= 4 is 11.1 Å². The molecule has 2 aromatic rings. The molecule has 0 fully saturated rings. The van der Waals surface area contributed by atoms with Crippen molar-refractivity contribution in [1.29, 1.82) is 0 Å². The van der Waals surface area contributed by atoms with Crippen molar-refractivity contribution in [3.05, 3.63) is 53.6 Å². The Morgan fingerprint density at radius 3 is 2.62 bits per heavy atom. The first-order valence-electron chi connectivity index (χ1n) is 8.77. The Hall–Kier alpha value is -1.82. The molecule has 0 saturated carbocycles. The largest absolute Gasteiger partial charge is 0.401 e. The number of halogens is 3. The van der Waals surface area contributed by atoms with Crippen LogP contribution in [0.3, 0.4) is 0 Å². The van der Waals surface area contributed by atoms with Gasteiger partial charge in [0.05, 0.1) is 5.75 Å². The molecule has 1 unspecified atom stereocenters. The van der Waals surface area contributed by atoms with Crippen LogP contribution in [0.5, 0.6) is 5.75 Å². The zero-order valence-electron chi connectivity index (χ0n) is 14.3. The van der Waals surface area contributed by atoms with Gasteiger partial charge in [-0.1, -0.05) is 30.3 Å². The summed E-state index contributed by atoms with van der Waals surface area (Å²) in [5.41, 5.74) is 4.85. The molecule has 0 radical (unpaired) electrons. The molecule has 1 aliphatic carbocycles. The Morgan fingerprint density at radius 1 is 1.04 bits per heavy atom. The fraction of sp³-hybridized carbons (Fsp3) is 0.400. The Labute approximate surface area is 154 Å². The molecule has 0 bridgehead atoms. The average molecular weight is 382 g/mol. The van der Waals surface area contributed by atoms with Gasteiger partial charge in [0, 0.05) is 6.42 Å². The minimum Gasteiger partial charge on any atom is -0.401 e. The molecular formula is C20H21F3O2S. The van der Waals surface area contributed by atoms with E-state index in [0.717, 1.165) is 24.0 Å². The van der Waals surface area contributed by atoms with Crippen LogP contribution in [0, 0.1) is 0 Å². The number of aryl methyl sites for hydroxylation is 1. The highest BCUT2D eigenvalue weighted by atomic mass is 32.2. The van der Waals surface area contributed by atoms with E-state index in [1.54, 1.807) is 6.07 Å². The molecular weight excluding hydrogens is 361 g/mol. The quantitative estimate of drug-likeness (QED) is 0.648. The number of benzene rings is 2. The van der Waals surface area contributed by atoms with Gasteiger partial charge in [-0.3, -0.25) is 0 Å². The second-order valence-electron chi connectivity index (χ2n) is 6.49. The molecule has 0 aromatic heterocycles.